The maximum atomic E-state index is 14.3. The van der Waals surface area contributed by atoms with Crippen LogP contribution in [0, 0.1) is 11.6 Å². The lowest BCUT2D eigenvalue weighted by Gasteiger charge is -2.35. The smallest absolute Gasteiger partial charge is 0.410 e. The van der Waals surface area contributed by atoms with Crippen molar-refractivity contribution in [3.63, 3.8) is 0 Å². The molecule has 0 bridgehead atoms. The Morgan fingerprint density at radius 2 is 1.55 bits per heavy atom. The molecular weight excluding hydrogens is 488 g/mol. The predicted molar refractivity (Wildman–Crippen MR) is 141 cm³/mol. The lowest BCUT2D eigenvalue weighted by Crippen LogP contribution is -2.51. The second-order valence-electron chi connectivity index (χ2n) is 9.80. The van der Waals surface area contributed by atoms with Crippen molar-refractivity contribution in [3.8, 4) is 0 Å². The Morgan fingerprint density at radius 1 is 0.842 bits per heavy atom. The van der Waals surface area contributed by atoms with E-state index in [0.717, 1.165) is 29.5 Å². The van der Waals surface area contributed by atoms with E-state index in [-0.39, 0.29) is 36.9 Å². The van der Waals surface area contributed by atoms with E-state index in [1.807, 2.05) is 35.2 Å². The molecule has 38 heavy (non-hydrogen) atoms. The molecule has 3 aromatic rings. The number of rotatable bonds is 5. The second kappa shape index (κ2) is 11.7. The van der Waals surface area contributed by atoms with Crippen LogP contribution in [-0.4, -0.2) is 61.1 Å². The number of nitrogens with zero attached hydrogens (tertiary/aromatic N) is 3. The van der Waals surface area contributed by atoms with Crippen molar-refractivity contribution < 1.29 is 23.1 Å². The summed E-state index contributed by atoms with van der Waals surface area (Å²) in [5.74, 6) is -0.849. The van der Waals surface area contributed by atoms with E-state index in [2.05, 4.69) is 0 Å². The van der Waals surface area contributed by atoms with Crippen LogP contribution in [0.15, 0.2) is 72.8 Å². The lowest BCUT2D eigenvalue weighted by atomic mass is 9.87. The Morgan fingerprint density at radius 3 is 2.29 bits per heavy atom. The highest BCUT2D eigenvalue weighted by Crippen LogP contribution is 2.39. The first kappa shape index (κ1) is 25.9. The quantitative estimate of drug-likeness (QED) is 0.466. The molecule has 8 heteroatoms. The zero-order valence-corrected chi connectivity index (χ0v) is 21.2. The molecule has 2 amide bonds. The van der Waals surface area contributed by atoms with Gasteiger partial charge in [-0.2, -0.15) is 0 Å². The summed E-state index contributed by atoms with van der Waals surface area (Å²) in [6.07, 6.45) is 1.16. The van der Waals surface area contributed by atoms with E-state index >= 15 is 0 Å². The molecule has 0 N–H and O–H groups in total. The van der Waals surface area contributed by atoms with Crippen LogP contribution in [0.2, 0.25) is 0 Å². The Labute approximate surface area is 221 Å². The lowest BCUT2D eigenvalue weighted by molar-refractivity contribution is -0.120. The number of halogens is 2. The van der Waals surface area contributed by atoms with Gasteiger partial charge in [0.05, 0.1) is 12.2 Å². The van der Waals surface area contributed by atoms with E-state index in [1.54, 1.807) is 28.0 Å². The molecule has 1 unspecified atom stereocenters. The third kappa shape index (κ3) is 6.02. The van der Waals surface area contributed by atoms with Crippen LogP contribution >= 0.6 is 0 Å². The summed E-state index contributed by atoms with van der Waals surface area (Å²) in [5, 5.41) is 0. The Balaban J connectivity index is 1.21. The molecule has 0 saturated carbocycles. The highest BCUT2D eigenvalue weighted by Gasteiger charge is 2.30. The molecule has 2 heterocycles. The number of ether oxygens (including phenoxy) is 1. The van der Waals surface area contributed by atoms with Gasteiger partial charge in [-0.05, 0) is 53.8 Å². The van der Waals surface area contributed by atoms with Crippen molar-refractivity contribution in [2.24, 2.45) is 0 Å². The summed E-state index contributed by atoms with van der Waals surface area (Å²) >= 11 is 0. The van der Waals surface area contributed by atoms with Gasteiger partial charge in [-0.15, -0.1) is 0 Å². The molecule has 0 aromatic heterocycles. The van der Waals surface area contributed by atoms with Gasteiger partial charge in [-0.3, -0.25) is 9.69 Å². The normalized spacial score (nSPS) is 18.0. The topological polar surface area (TPSA) is 53.1 Å². The number of hydrogen-bond donors (Lipinski definition) is 0. The van der Waals surface area contributed by atoms with Crippen molar-refractivity contribution in [2.45, 2.75) is 25.4 Å². The molecule has 3 aromatic carbocycles. The monoisotopic (exact) mass is 519 g/mol. The molecule has 0 spiro atoms. The van der Waals surface area contributed by atoms with Gasteiger partial charge in [-0.1, -0.05) is 48.5 Å². The molecule has 6 nitrogen and oxygen atoms in total. The minimum Gasteiger partial charge on any atom is -0.445 e. The predicted octanol–water partition coefficient (Wildman–Crippen LogP) is 5.18. The van der Waals surface area contributed by atoms with Crippen LogP contribution in [0.1, 0.15) is 35.4 Å². The second-order valence-corrected chi connectivity index (χ2v) is 9.80. The number of benzene rings is 3. The fourth-order valence-electron chi connectivity index (χ4n) is 5.25. The number of hydrogen-bond acceptors (Lipinski definition) is 4. The number of fused-ring (bicyclic) bond motifs is 1. The van der Waals surface area contributed by atoms with E-state index in [9.17, 15) is 18.4 Å². The van der Waals surface area contributed by atoms with Crippen LogP contribution < -0.4 is 4.90 Å². The summed E-state index contributed by atoms with van der Waals surface area (Å²) in [5.41, 5.74) is 3.32. The van der Waals surface area contributed by atoms with Crippen molar-refractivity contribution in [3.05, 3.63) is 101 Å². The van der Waals surface area contributed by atoms with Crippen LogP contribution in [0.25, 0.3) is 0 Å². The van der Waals surface area contributed by atoms with Crippen LogP contribution in [0.4, 0.5) is 19.3 Å². The highest BCUT2D eigenvalue weighted by molar-refractivity contribution is 5.96. The fraction of sp³-hybridized carbons (Fsp3) is 0.333. The van der Waals surface area contributed by atoms with E-state index in [1.165, 1.54) is 24.3 Å². The summed E-state index contributed by atoms with van der Waals surface area (Å²) in [7, 11) is 0. The molecule has 1 saturated heterocycles. The Hall–Kier alpha value is -3.78. The number of anilines is 1. The summed E-state index contributed by atoms with van der Waals surface area (Å²) in [4.78, 5) is 31.3. The Kier molecular flexibility index (Phi) is 7.98. The van der Waals surface area contributed by atoms with Crippen molar-refractivity contribution >= 4 is 17.7 Å². The summed E-state index contributed by atoms with van der Waals surface area (Å²) < 4.78 is 33.3. The average molecular weight is 520 g/mol. The molecule has 5 rings (SSSR count). The third-order valence-corrected chi connectivity index (χ3v) is 7.30. The van der Waals surface area contributed by atoms with E-state index < -0.39 is 5.82 Å². The third-order valence-electron chi connectivity index (χ3n) is 7.30. The fourth-order valence-corrected chi connectivity index (χ4v) is 5.25. The van der Waals surface area contributed by atoms with Crippen LogP contribution in [-0.2, 0) is 16.1 Å². The zero-order valence-electron chi connectivity index (χ0n) is 21.2. The first-order valence-electron chi connectivity index (χ1n) is 13.0. The van der Waals surface area contributed by atoms with Gasteiger partial charge in [0.1, 0.15) is 18.2 Å². The molecule has 0 radical (unpaired) electrons. The first-order valence-corrected chi connectivity index (χ1v) is 13.0. The SMILES string of the molecule is O=C(OCc1ccccc1)N1CCN(CC(=O)N2CCCC(c3ccc(F)cc3)c3ccc(F)cc32)CC1. The van der Waals surface area contributed by atoms with Crippen molar-refractivity contribution in [1.29, 1.82) is 0 Å². The summed E-state index contributed by atoms with van der Waals surface area (Å²) in [6, 6.07) is 20.5. The first-order chi connectivity index (χ1) is 18.5. The molecule has 2 aliphatic rings. The van der Waals surface area contributed by atoms with Gasteiger partial charge in [0.15, 0.2) is 0 Å². The van der Waals surface area contributed by atoms with Crippen LogP contribution in [0.5, 0.6) is 0 Å². The molecule has 2 aliphatic heterocycles. The number of amides is 2. The van der Waals surface area contributed by atoms with Gasteiger partial charge < -0.3 is 14.5 Å². The minimum absolute atomic E-state index is 0.0468. The largest absolute Gasteiger partial charge is 0.445 e. The van der Waals surface area contributed by atoms with Gasteiger partial charge in [-0.25, -0.2) is 13.6 Å². The molecule has 198 valence electrons. The average Bonchev–Trinajstić information content (AvgIpc) is 3.12. The van der Waals surface area contributed by atoms with E-state index in [0.29, 0.717) is 38.4 Å². The van der Waals surface area contributed by atoms with Crippen molar-refractivity contribution in [2.75, 3.05) is 44.2 Å². The minimum atomic E-state index is -0.399. The van der Waals surface area contributed by atoms with Crippen molar-refractivity contribution in [1.82, 2.24) is 9.80 Å². The zero-order chi connectivity index (χ0) is 26.5. The molecule has 0 aliphatic carbocycles. The maximum Gasteiger partial charge on any atom is 0.410 e. The molecule has 1 fully saturated rings. The standard InChI is InChI=1S/C30H31F2N3O3/c31-24-10-8-23(9-11-24)26-7-4-14-35(28-19-25(32)12-13-27(26)28)29(36)20-33-15-17-34(18-16-33)30(37)38-21-22-5-2-1-3-6-22/h1-3,5-6,8-13,19,26H,4,7,14-18,20-21H2. The Bertz CT molecular complexity index is 1260. The van der Waals surface area contributed by atoms with E-state index in [4.69, 9.17) is 4.74 Å². The number of carbonyl (C=O) groups excluding carboxylic acids is 2. The number of piperazine rings is 1. The van der Waals surface area contributed by atoms with Crippen LogP contribution in [0.3, 0.4) is 0 Å². The van der Waals surface area contributed by atoms with Gasteiger partial charge in [0.25, 0.3) is 0 Å². The molecular formula is C30H31F2N3O3. The highest BCUT2D eigenvalue weighted by atomic mass is 19.1. The number of carbonyl (C=O) groups is 2. The van der Waals surface area contributed by atoms with Gasteiger partial charge >= 0.3 is 6.09 Å². The maximum absolute atomic E-state index is 14.3. The summed E-state index contributed by atoms with van der Waals surface area (Å²) in [6.45, 7) is 2.94. The van der Waals surface area contributed by atoms with Gasteiger partial charge in [0.2, 0.25) is 5.91 Å². The van der Waals surface area contributed by atoms with Gasteiger partial charge in [0, 0.05) is 38.6 Å². The molecule has 1 atom stereocenters.